The normalized spacial score (nSPS) is 27.8. The number of piperidine rings is 1. The van der Waals surface area contributed by atoms with Crippen molar-refractivity contribution >= 4 is 17.5 Å². The minimum Gasteiger partial charge on any atom is -0.350 e. The summed E-state index contributed by atoms with van der Waals surface area (Å²) in [7, 11) is 0. The van der Waals surface area contributed by atoms with Gasteiger partial charge in [-0.1, -0.05) is 13.0 Å². The first kappa shape index (κ1) is 17.7. The van der Waals surface area contributed by atoms with Crippen molar-refractivity contribution in [3.8, 4) is 0 Å². The Morgan fingerprint density at radius 1 is 1.18 bits per heavy atom. The first-order valence-electron chi connectivity index (χ1n) is 10.6. The van der Waals surface area contributed by atoms with Crippen LogP contribution in [0.1, 0.15) is 55.9 Å². The molecular formula is C22H28N4O2. The number of imidazole rings is 1. The molecule has 0 radical (unpaired) electrons. The average Bonchev–Trinajstić information content (AvgIpc) is 3.38. The van der Waals surface area contributed by atoms with Crippen molar-refractivity contribution in [1.82, 2.24) is 19.6 Å². The first-order valence-corrected chi connectivity index (χ1v) is 10.6. The lowest BCUT2D eigenvalue weighted by Gasteiger charge is -2.40. The van der Waals surface area contributed by atoms with Crippen LogP contribution in [0.5, 0.6) is 0 Å². The number of aromatic nitrogens is 2. The zero-order valence-electron chi connectivity index (χ0n) is 16.4. The summed E-state index contributed by atoms with van der Waals surface area (Å²) in [6, 6.07) is 6.32. The minimum atomic E-state index is -0.0585. The highest BCUT2D eigenvalue weighted by Crippen LogP contribution is 2.43. The van der Waals surface area contributed by atoms with Crippen LogP contribution in [0.4, 0.5) is 0 Å². The van der Waals surface area contributed by atoms with Gasteiger partial charge in [-0.25, -0.2) is 4.98 Å². The highest BCUT2D eigenvalue weighted by Gasteiger charge is 2.46. The van der Waals surface area contributed by atoms with E-state index in [1.165, 1.54) is 12.8 Å². The molecule has 148 valence electrons. The largest absolute Gasteiger partial charge is 0.350 e. The van der Waals surface area contributed by atoms with Crippen molar-refractivity contribution in [3.05, 3.63) is 36.3 Å². The molecule has 2 aromatic heterocycles. The van der Waals surface area contributed by atoms with E-state index in [1.54, 1.807) is 6.20 Å². The van der Waals surface area contributed by atoms with Crippen LogP contribution in [-0.4, -0.2) is 44.7 Å². The van der Waals surface area contributed by atoms with Gasteiger partial charge in [0.25, 0.3) is 5.91 Å². The molecule has 0 aromatic carbocycles. The fourth-order valence-corrected chi connectivity index (χ4v) is 5.31. The van der Waals surface area contributed by atoms with Crippen molar-refractivity contribution in [2.24, 2.45) is 17.8 Å². The highest BCUT2D eigenvalue weighted by molar-refractivity contribution is 5.93. The second-order valence-corrected chi connectivity index (χ2v) is 8.87. The molecular weight excluding hydrogens is 352 g/mol. The van der Waals surface area contributed by atoms with Crippen LogP contribution >= 0.6 is 0 Å². The number of amides is 2. The van der Waals surface area contributed by atoms with E-state index >= 15 is 0 Å². The van der Waals surface area contributed by atoms with Crippen LogP contribution in [0.2, 0.25) is 0 Å². The number of fused-ring (bicyclic) bond motifs is 3. The number of hydrogen-bond donors (Lipinski definition) is 1. The summed E-state index contributed by atoms with van der Waals surface area (Å²) in [5.41, 5.74) is 1.39. The van der Waals surface area contributed by atoms with Gasteiger partial charge in [-0.15, -0.1) is 0 Å². The summed E-state index contributed by atoms with van der Waals surface area (Å²) in [5.74, 6) is 1.58. The zero-order valence-corrected chi connectivity index (χ0v) is 16.4. The Labute approximate surface area is 165 Å². The van der Waals surface area contributed by atoms with E-state index < -0.39 is 0 Å². The number of carbonyl (C=O) groups is 2. The molecule has 2 amide bonds. The Bertz CT molecular complexity index is 889. The average molecular weight is 380 g/mol. The van der Waals surface area contributed by atoms with Crippen molar-refractivity contribution in [1.29, 1.82) is 0 Å². The molecule has 3 fully saturated rings. The van der Waals surface area contributed by atoms with Gasteiger partial charge in [0.05, 0.1) is 0 Å². The molecule has 5 rings (SSSR count). The summed E-state index contributed by atoms with van der Waals surface area (Å²) in [5, 5.41) is 3.12. The number of rotatable bonds is 5. The van der Waals surface area contributed by atoms with E-state index in [4.69, 9.17) is 0 Å². The van der Waals surface area contributed by atoms with Gasteiger partial charge >= 0.3 is 0 Å². The van der Waals surface area contributed by atoms with Crippen LogP contribution in [0.15, 0.2) is 30.6 Å². The van der Waals surface area contributed by atoms with E-state index in [2.05, 4.69) is 22.1 Å². The van der Waals surface area contributed by atoms with Crippen molar-refractivity contribution in [2.45, 2.75) is 57.5 Å². The van der Waals surface area contributed by atoms with Gasteiger partial charge in [0.15, 0.2) is 0 Å². The number of hydrogen-bond acceptors (Lipinski definition) is 3. The maximum atomic E-state index is 12.9. The van der Waals surface area contributed by atoms with Gasteiger partial charge in [0.2, 0.25) is 5.91 Å². The van der Waals surface area contributed by atoms with Crippen LogP contribution in [0, 0.1) is 17.8 Å². The molecule has 2 aliphatic heterocycles. The topological polar surface area (TPSA) is 66.7 Å². The molecule has 1 aliphatic carbocycles. The SMILES string of the molecule is CC(C(=O)N1[C@@H]2CC[C@H]1CC(CNC(=O)c1cccc3nccn13)C2)C1CC1. The maximum Gasteiger partial charge on any atom is 0.268 e. The molecule has 6 heteroatoms. The Balaban J connectivity index is 1.21. The molecule has 0 spiro atoms. The van der Waals surface area contributed by atoms with Gasteiger partial charge in [-0.2, -0.15) is 0 Å². The molecule has 6 nitrogen and oxygen atoms in total. The van der Waals surface area contributed by atoms with E-state index in [9.17, 15) is 9.59 Å². The molecule has 2 unspecified atom stereocenters. The fourth-order valence-electron chi connectivity index (χ4n) is 5.31. The molecule has 4 heterocycles. The molecule has 2 saturated heterocycles. The summed E-state index contributed by atoms with van der Waals surface area (Å²) >= 11 is 0. The Kier molecular flexibility index (Phi) is 4.37. The lowest BCUT2D eigenvalue weighted by Crippen LogP contribution is -2.50. The predicted molar refractivity (Wildman–Crippen MR) is 106 cm³/mol. The van der Waals surface area contributed by atoms with Crippen LogP contribution < -0.4 is 5.32 Å². The molecule has 3 aliphatic rings. The standard InChI is InChI=1S/C22H28N4O2/c1-14(16-5-6-16)22(28)26-17-7-8-18(26)12-15(11-17)13-24-21(27)19-3-2-4-20-23-9-10-25(19)20/h2-4,9-10,14-18H,5-8,11-13H2,1H3,(H,24,27)/t14?,15?,17-,18+. The highest BCUT2D eigenvalue weighted by atomic mass is 16.2. The van der Waals surface area contributed by atoms with Gasteiger partial charge in [-0.3, -0.25) is 14.0 Å². The lowest BCUT2D eigenvalue weighted by atomic mass is 9.89. The quantitative estimate of drug-likeness (QED) is 0.867. The molecule has 2 bridgehead atoms. The minimum absolute atomic E-state index is 0.0585. The summed E-state index contributed by atoms with van der Waals surface area (Å²) in [6.07, 6.45) is 10.2. The van der Waals surface area contributed by atoms with Crippen LogP contribution in [0.25, 0.3) is 5.65 Å². The number of carbonyl (C=O) groups excluding carboxylic acids is 2. The van der Waals surface area contributed by atoms with Gasteiger partial charge in [0, 0.05) is 36.9 Å². The number of pyridine rings is 1. The monoisotopic (exact) mass is 380 g/mol. The molecule has 1 N–H and O–H groups in total. The first-order chi connectivity index (χ1) is 13.6. The second-order valence-electron chi connectivity index (χ2n) is 8.87. The van der Waals surface area contributed by atoms with Gasteiger partial charge in [0.1, 0.15) is 11.3 Å². The van der Waals surface area contributed by atoms with Gasteiger partial charge in [-0.05, 0) is 62.5 Å². The molecule has 28 heavy (non-hydrogen) atoms. The van der Waals surface area contributed by atoms with Crippen LogP contribution in [-0.2, 0) is 4.79 Å². The van der Waals surface area contributed by atoms with E-state index in [-0.39, 0.29) is 11.8 Å². The lowest BCUT2D eigenvalue weighted by molar-refractivity contribution is -0.141. The molecule has 2 aromatic rings. The summed E-state index contributed by atoms with van der Waals surface area (Å²) < 4.78 is 1.82. The third-order valence-electron chi connectivity index (χ3n) is 7.02. The van der Waals surface area contributed by atoms with Crippen LogP contribution in [0.3, 0.4) is 0 Å². The summed E-state index contributed by atoms with van der Waals surface area (Å²) in [4.78, 5) is 32.1. The molecule has 4 atom stereocenters. The number of nitrogens with zero attached hydrogens (tertiary/aromatic N) is 3. The van der Waals surface area contributed by atoms with E-state index in [0.717, 1.165) is 31.3 Å². The fraction of sp³-hybridized carbons (Fsp3) is 0.591. The summed E-state index contributed by atoms with van der Waals surface area (Å²) in [6.45, 7) is 2.79. The number of nitrogens with one attached hydrogen (secondary N) is 1. The van der Waals surface area contributed by atoms with E-state index in [0.29, 0.717) is 42.1 Å². The second kappa shape index (κ2) is 6.90. The van der Waals surface area contributed by atoms with Crippen molar-refractivity contribution < 1.29 is 9.59 Å². The Hall–Kier alpha value is -2.37. The maximum absolute atomic E-state index is 12.9. The smallest absolute Gasteiger partial charge is 0.268 e. The predicted octanol–water partition coefficient (Wildman–Crippen LogP) is 2.88. The van der Waals surface area contributed by atoms with Crippen molar-refractivity contribution in [2.75, 3.05) is 6.54 Å². The third-order valence-corrected chi connectivity index (χ3v) is 7.02. The zero-order chi connectivity index (χ0) is 19.3. The van der Waals surface area contributed by atoms with E-state index in [1.807, 2.05) is 28.8 Å². The van der Waals surface area contributed by atoms with Gasteiger partial charge < -0.3 is 10.2 Å². The molecule has 1 saturated carbocycles. The third kappa shape index (κ3) is 3.09. The Morgan fingerprint density at radius 2 is 1.93 bits per heavy atom. The van der Waals surface area contributed by atoms with Crippen molar-refractivity contribution in [3.63, 3.8) is 0 Å². The Morgan fingerprint density at radius 3 is 2.64 bits per heavy atom.